The SMILES string of the molecule is COC(=O)c1ccccc1NS(=O)(=O)c1ccc(S(=O)(=O)N2CCCC2)cc1. The van der Waals surface area contributed by atoms with Gasteiger partial charge in [-0.15, -0.1) is 0 Å². The first kappa shape index (κ1) is 20.3. The van der Waals surface area contributed by atoms with E-state index in [1.54, 1.807) is 12.1 Å². The number of ether oxygens (including phenoxy) is 1. The number of hydrogen-bond donors (Lipinski definition) is 1. The molecule has 1 heterocycles. The highest BCUT2D eigenvalue weighted by molar-refractivity contribution is 7.92. The van der Waals surface area contributed by atoms with Gasteiger partial charge in [0, 0.05) is 13.1 Å². The smallest absolute Gasteiger partial charge is 0.339 e. The molecule has 0 aliphatic carbocycles. The molecule has 0 aromatic heterocycles. The van der Waals surface area contributed by atoms with Crippen molar-refractivity contribution in [2.45, 2.75) is 22.6 Å². The van der Waals surface area contributed by atoms with E-state index in [1.807, 2.05) is 0 Å². The van der Waals surface area contributed by atoms with Crippen molar-refractivity contribution in [2.75, 3.05) is 24.9 Å². The van der Waals surface area contributed by atoms with Crippen LogP contribution in [0.2, 0.25) is 0 Å². The first-order chi connectivity index (χ1) is 13.3. The lowest BCUT2D eigenvalue weighted by Crippen LogP contribution is -2.27. The normalized spacial score (nSPS) is 15.3. The third kappa shape index (κ3) is 4.03. The molecule has 0 unspecified atom stereocenters. The number of hydrogen-bond acceptors (Lipinski definition) is 6. The number of carbonyl (C=O) groups is 1. The summed E-state index contributed by atoms with van der Waals surface area (Å²) >= 11 is 0. The molecule has 1 aliphatic heterocycles. The molecule has 150 valence electrons. The standard InChI is InChI=1S/C18H20N2O6S2/c1-26-18(21)16-6-2-3-7-17(16)19-27(22,23)14-8-10-15(11-9-14)28(24,25)20-12-4-5-13-20/h2-3,6-11,19H,4-5,12-13H2,1H3. The van der Waals surface area contributed by atoms with Crippen LogP contribution in [0.4, 0.5) is 5.69 Å². The van der Waals surface area contributed by atoms with Crippen LogP contribution in [-0.4, -0.2) is 47.3 Å². The Balaban J connectivity index is 1.87. The van der Waals surface area contributed by atoms with E-state index in [9.17, 15) is 21.6 Å². The van der Waals surface area contributed by atoms with Gasteiger partial charge in [-0.2, -0.15) is 4.31 Å². The monoisotopic (exact) mass is 424 g/mol. The molecule has 1 fully saturated rings. The minimum atomic E-state index is -4.03. The van der Waals surface area contributed by atoms with Crippen LogP contribution in [-0.2, 0) is 24.8 Å². The molecule has 10 heteroatoms. The van der Waals surface area contributed by atoms with Crippen LogP contribution in [0.5, 0.6) is 0 Å². The largest absolute Gasteiger partial charge is 0.465 e. The highest BCUT2D eigenvalue weighted by atomic mass is 32.2. The average Bonchev–Trinajstić information content (AvgIpc) is 3.23. The fraction of sp³-hybridized carbons (Fsp3) is 0.278. The van der Waals surface area contributed by atoms with E-state index in [4.69, 9.17) is 0 Å². The average molecular weight is 425 g/mol. The Kier molecular flexibility index (Phi) is 5.73. The number of anilines is 1. The molecule has 0 atom stereocenters. The summed E-state index contributed by atoms with van der Waals surface area (Å²) in [7, 11) is -6.45. The van der Waals surface area contributed by atoms with Gasteiger partial charge in [0.1, 0.15) is 0 Å². The first-order valence-corrected chi connectivity index (χ1v) is 11.5. The van der Waals surface area contributed by atoms with Crippen molar-refractivity contribution in [1.29, 1.82) is 0 Å². The van der Waals surface area contributed by atoms with Crippen molar-refractivity contribution >= 4 is 31.7 Å². The van der Waals surface area contributed by atoms with Crippen molar-refractivity contribution in [1.82, 2.24) is 4.31 Å². The fourth-order valence-corrected chi connectivity index (χ4v) is 5.53. The number of benzene rings is 2. The van der Waals surface area contributed by atoms with Crippen LogP contribution in [0, 0.1) is 0 Å². The van der Waals surface area contributed by atoms with Crippen molar-refractivity contribution in [3.63, 3.8) is 0 Å². The molecular formula is C18H20N2O6S2. The van der Waals surface area contributed by atoms with Crippen LogP contribution in [0.1, 0.15) is 23.2 Å². The summed E-state index contributed by atoms with van der Waals surface area (Å²) in [5.41, 5.74) is 0.143. The topological polar surface area (TPSA) is 110 Å². The van der Waals surface area contributed by atoms with Gasteiger partial charge in [0.05, 0.1) is 28.2 Å². The predicted molar refractivity (Wildman–Crippen MR) is 103 cm³/mol. The molecule has 0 bridgehead atoms. The van der Waals surface area contributed by atoms with Gasteiger partial charge in [0.15, 0.2) is 0 Å². The third-order valence-electron chi connectivity index (χ3n) is 4.41. The Labute approximate surface area is 164 Å². The Morgan fingerprint density at radius 1 is 0.929 bits per heavy atom. The van der Waals surface area contributed by atoms with Crippen LogP contribution in [0.15, 0.2) is 58.3 Å². The van der Waals surface area contributed by atoms with Crippen molar-refractivity contribution in [3.05, 3.63) is 54.1 Å². The number of para-hydroxylation sites is 1. The zero-order chi connectivity index (χ0) is 20.4. The maximum absolute atomic E-state index is 12.7. The second-order valence-corrected chi connectivity index (χ2v) is 9.85. The quantitative estimate of drug-likeness (QED) is 0.711. The second kappa shape index (κ2) is 7.90. The summed E-state index contributed by atoms with van der Waals surface area (Å²) in [6, 6.07) is 11.0. The Bertz CT molecular complexity index is 1070. The van der Waals surface area contributed by atoms with Gasteiger partial charge in [-0.1, -0.05) is 12.1 Å². The summed E-state index contributed by atoms with van der Waals surface area (Å²) in [6.07, 6.45) is 1.63. The number of nitrogens with one attached hydrogen (secondary N) is 1. The summed E-state index contributed by atoms with van der Waals surface area (Å²) < 4.78 is 58.8. The number of nitrogens with zero attached hydrogens (tertiary/aromatic N) is 1. The molecule has 1 aliphatic rings. The van der Waals surface area contributed by atoms with E-state index in [0.717, 1.165) is 12.8 Å². The molecular weight excluding hydrogens is 404 g/mol. The van der Waals surface area contributed by atoms with E-state index in [2.05, 4.69) is 9.46 Å². The lowest BCUT2D eigenvalue weighted by Gasteiger charge is -2.16. The van der Waals surface area contributed by atoms with Crippen LogP contribution in [0.3, 0.4) is 0 Å². The van der Waals surface area contributed by atoms with Gasteiger partial charge in [-0.05, 0) is 49.2 Å². The van der Waals surface area contributed by atoms with Crippen LogP contribution >= 0.6 is 0 Å². The minimum absolute atomic E-state index is 0.0447. The lowest BCUT2D eigenvalue weighted by molar-refractivity contribution is 0.0602. The number of rotatable bonds is 6. The maximum atomic E-state index is 12.7. The Hall–Kier alpha value is -2.43. The molecule has 2 aromatic carbocycles. The number of methoxy groups -OCH3 is 1. The van der Waals surface area contributed by atoms with E-state index < -0.39 is 26.0 Å². The van der Waals surface area contributed by atoms with Crippen LogP contribution in [0.25, 0.3) is 0 Å². The summed E-state index contributed by atoms with van der Waals surface area (Å²) in [5, 5.41) is 0. The minimum Gasteiger partial charge on any atom is -0.465 e. The zero-order valence-electron chi connectivity index (χ0n) is 15.2. The van der Waals surface area contributed by atoms with Crippen molar-refractivity contribution < 1.29 is 26.4 Å². The van der Waals surface area contributed by atoms with E-state index in [-0.39, 0.29) is 21.0 Å². The predicted octanol–water partition coefficient (Wildman–Crippen LogP) is 2.06. The second-order valence-electron chi connectivity index (χ2n) is 6.23. The van der Waals surface area contributed by atoms with Crippen LogP contribution < -0.4 is 4.72 Å². The Morgan fingerprint density at radius 3 is 2.11 bits per heavy atom. The van der Waals surface area contributed by atoms with E-state index in [0.29, 0.717) is 13.1 Å². The van der Waals surface area contributed by atoms with E-state index >= 15 is 0 Å². The van der Waals surface area contributed by atoms with Crippen molar-refractivity contribution in [2.24, 2.45) is 0 Å². The lowest BCUT2D eigenvalue weighted by atomic mass is 10.2. The first-order valence-electron chi connectivity index (χ1n) is 8.56. The molecule has 3 rings (SSSR count). The highest BCUT2D eigenvalue weighted by Gasteiger charge is 2.27. The highest BCUT2D eigenvalue weighted by Crippen LogP contribution is 2.24. The maximum Gasteiger partial charge on any atom is 0.339 e. The molecule has 1 saturated heterocycles. The molecule has 0 radical (unpaired) electrons. The summed E-state index contributed by atoms with van der Waals surface area (Å²) in [5.74, 6) is -0.676. The fourth-order valence-electron chi connectivity index (χ4n) is 2.93. The number of carbonyl (C=O) groups excluding carboxylic acids is 1. The molecule has 0 amide bonds. The Morgan fingerprint density at radius 2 is 1.50 bits per heavy atom. The van der Waals surface area contributed by atoms with E-state index in [1.165, 1.54) is 47.8 Å². The molecule has 28 heavy (non-hydrogen) atoms. The number of esters is 1. The number of sulfonamides is 2. The van der Waals surface area contributed by atoms with Gasteiger partial charge in [-0.3, -0.25) is 4.72 Å². The molecule has 0 spiro atoms. The molecule has 0 saturated carbocycles. The zero-order valence-corrected chi connectivity index (χ0v) is 16.8. The van der Waals surface area contributed by atoms with Crippen molar-refractivity contribution in [3.8, 4) is 0 Å². The molecule has 2 aromatic rings. The summed E-state index contributed by atoms with van der Waals surface area (Å²) in [6.45, 7) is 0.933. The molecule has 1 N–H and O–H groups in total. The van der Waals surface area contributed by atoms with Gasteiger partial charge in [0.2, 0.25) is 10.0 Å². The van der Waals surface area contributed by atoms with Gasteiger partial charge in [0.25, 0.3) is 10.0 Å². The van der Waals surface area contributed by atoms with Gasteiger partial charge >= 0.3 is 5.97 Å². The van der Waals surface area contributed by atoms with Gasteiger partial charge < -0.3 is 4.74 Å². The summed E-state index contributed by atoms with van der Waals surface area (Å²) in [4.78, 5) is 11.7. The molecule has 8 nitrogen and oxygen atoms in total. The third-order valence-corrected chi connectivity index (χ3v) is 7.71. The van der Waals surface area contributed by atoms with Gasteiger partial charge in [-0.25, -0.2) is 21.6 Å².